The van der Waals surface area contributed by atoms with Crippen molar-refractivity contribution in [1.29, 1.82) is 0 Å². The van der Waals surface area contributed by atoms with Gasteiger partial charge in [0.1, 0.15) is 5.82 Å². The van der Waals surface area contributed by atoms with Gasteiger partial charge in [-0.15, -0.1) is 11.6 Å². The van der Waals surface area contributed by atoms with Crippen molar-refractivity contribution in [2.24, 2.45) is 5.92 Å². The lowest BCUT2D eigenvalue weighted by atomic mass is 10.1. The van der Waals surface area contributed by atoms with Crippen molar-refractivity contribution in [3.63, 3.8) is 0 Å². The van der Waals surface area contributed by atoms with Crippen LogP contribution in [0.15, 0.2) is 18.3 Å². The van der Waals surface area contributed by atoms with Gasteiger partial charge >= 0.3 is 0 Å². The summed E-state index contributed by atoms with van der Waals surface area (Å²) >= 11 is 5.77. The average Bonchev–Trinajstić information content (AvgIpc) is 2.71. The summed E-state index contributed by atoms with van der Waals surface area (Å²) in [5, 5.41) is 0. The Hall–Kier alpha value is -0.800. The summed E-state index contributed by atoms with van der Waals surface area (Å²) in [6.07, 6.45) is 1.87. The molecule has 2 atom stereocenters. The largest absolute Gasteiger partial charge is 0.355 e. The van der Waals surface area contributed by atoms with E-state index in [2.05, 4.69) is 47.9 Å². The zero-order chi connectivity index (χ0) is 12.4. The SMILES string of the molecule is CC1CN(c2ccc(CCl)cn2)CC1N(C)C. The fourth-order valence-corrected chi connectivity index (χ4v) is 2.65. The number of hydrogen-bond acceptors (Lipinski definition) is 3. The molecule has 1 aliphatic heterocycles. The fourth-order valence-electron chi connectivity index (χ4n) is 2.49. The zero-order valence-electron chi connectivity index (χ0n) is 10.7. The molecule has 0 saturated carbocycles. The number of nitrogens with zero attached hydrogens (tertiary/aromatic N) is 3. The summed E-state index contributed by atoms with van der Waals surface area (Å²) in [6, 6.07) is 4.75. The summed E-state index contributed by atoms with van der Waals surface area (Å²) in [6.45, 7) is 4.44. The van der Waals surface area contributed by atoms with Crippen molar-refractivity contribution in [2.75, 3.05) is 32.1 Å². The van der Waals surface area contributed by atoms with E-state index in [4.69, 9.17) is 11.6 Å². The lowest BCUT2D eigenvalue weighted by Gasteiger charge is -2.22. The third-order valence-corrected chi connectivity index (χ3v) is 3.83. The van der Waals surface area contributed by atoms with Gasteiger partial charge in [-0.25, -0.2) is 4.98 Å². The van der Waals surface area contributed by atoms with E-state index in [1.165, 1.54) is 0 Å². The minimum Gasteiger partial charge on any atom is -0.355 e. The maximum absolute atomic E-state index is 5.77. The quantitative estimate of drug-likeness (QED) is 0.770. The number of rotatable bonds is 3. The predicted molar refractivity (Wildman–Crippen MR) is 72.6 cm³/mol. The molecule has 0 N–H and O–H groups in total. The smallest absolute Gasteiger partial charge is 0.128 e. The van der Waals surface area contributed by atoms with E-state index < -0.39 is 0 Å². The highest BCUT2D eigenvalue weighted by Gasteiger charge is 2.31. The Morgan fingerprint density at radius 2 is 2.18 bits per heavy atom. The first kappa shape index (κ1) is 12.7. The number of alkyl halides is 1. The average molecular weight is 254 g/mol. The Morgan fingerprint density at radius 1 is 1.41 bits per heavy atom. The highest BCUT2D eigenvalue weighted by atomic mass is 35.5. The van der Waals surface area contributed by atoms with Crippen molar-refractivity contribution in [3.8, 4) is 0 Å². The molecule has 0 bridgehead atoms. The molecule has 2 unspecified atom stereocenters. The number of hydrogen-bond donors (Lipinski definition) is 0. The number of likely N-dealkylation sites (N-methyl/N-ethyl adjacent to an activating group) is 1. The first-order chi connectivity index (χ1) is 8.11. The molecule has 17 heavy (non-hydrogen) atoms. The van der Waals surface area contributed by atoms with E-state index in [9.17, 15) is 0 Å². The van der Waals surface area contributed by atoms with Crippen LogP contribution < -0.4 is 4.90 Å². The number of halogens is 1. The lowest BCUT2D eigenvalue weighted by molar-refractivity contribution is 0.266. The summed E-state index contributed by atoms with van der Waals surface area (Å²) in [5.74, 6) is 2.28. The van der Waals surface area contributed by atoms with Crippen LogP contribution >= 0.6 is 11.6 Å². The van der Waals surface area contributed by atoms with Gasteiger partial charge in [-0.2, -0.15) is 0 Å². The minimum atomic E-state index is 0.532. The van der Waals surface area contributed by atoms with Crippen LogP contribution in [0.5, 0.6) is 0 Å². The third kappa shape index (κ3) is 2.72. The first-order valence-corrected chi connectivity index (χ1v) is 6.57. The molecular weight excluding hydrogens is 234 g/mol. The Balaban J connectivity index is 2.08. The Bertz CT molecular complexity index is 363. The van der Waals surface area contributed by atoms with Crippen LogP contribution in [0.25, 0.3) is 0 Å². The van der Waals surface area contributed by atoms with E-state index in [-0.39, 0.29) is 0 Å². The van der Waals surface area contributed by atoms with Gasteiger partial charge in [-0.3, -0.25) is 0 Å². The zero-order valence-corrected chi connectivity index (χ0v) is 11.5. The van der Waals surface area contributed by atoms with Gasteiger partial charge in [-0.1, -0.05) is 13.0 Å². The van der Waals surface area contributed by atoms with Gasteiger partial charge in [0, 0.05) is 31.2 Å². The minimum absolute atomic E-state index is 0.532. The summed E-state index contributed by atoms with van der Waals surface area (Å²) < 4.78 is 0. The fraction of sp³-hybridized carbons (Fsp3) is 0.615. The Kier molecular flexibility index (Phi) is 3.89. The highest BCUT2D eigenvalue weighted by molar-refractivity contribution is 6.17. The molecule has 94 valence electrons. The normalized spacial score (nSPS) is 24.6. The number of aromatic nitrogens is 1. The molecule has 1 saturated heterocycles. The predicted octanol–water partition coefficient (Wildman–Crippen LogP) is 2.21. The Morgan fingerprint density at radius 3 is 2.65 bits per heavy atom. The second-order valence-corrected chi connectivity index (χ2v) is 5.34. The molecule has 2 rings (SSSR count). The van der Waals surface area contributed by atoms with Crippen LogP contribution in [0, 0.1) is 5.92 Å². The standard InChI is InChI=1S/C13H20ClN3/c1-10-8-17(9-12(10)16(2)3)13-5-4-11(6-14)7-15-13/h4-5,7,10,12H,6,8-9H2,1-3H3. The van der Waals surface area contributed by atoms with Gasteiger partial charge in [0.25, 0.3) is 0 Å². The maximum atomic E-state index is 5.77. The van der Waals surface area contributed by atoms with Crippen LogP contribution in [-0.2, 0) is 5.88 Å². The molecule has 0 spiro atoms. The van der Waals surface area contributed by atoms with E-state index in [1.807, 2.05) is 6.20 Å². The molecule has 1 aromatic heterocycles. The molecule has 0 radical (unpaired) electrons. The van der Waals surface area contributed by atoms with Crippen molar-refractivity contribution in [3.05, 3.63) is 23.9 Å². The van der Waals surface area contributed by atoms with Crippen LogP contribution in [0.3, 0.4) is 0 Å². The molecule has 1 aliphatic rings. The van der Waals surface area contributed by atoms with E-state index in [1.54, 1.807) is 0 Å². The highest BCUT2D eigenvalue weighted by Crippen LogP contribution is 2.24. The molecule has 0 amide bonds. The lowest BCUT2D eigenvalue weighted by Crippen LogP contribution is -2.34. The van der Waals surface area contributed by atoms with Gasteiger partial charge in [0.15, 0.2) is 0 Å². The second kappa shape index (κ2) is 5.23. The summed E-state index contributed by atoms with van der Waals surface area (Å²) in [4.78, 5) is 9.14. The molecule has 3 nitrogen and oxygen atoms in total. The monoisotopic (exact) mass is 253 g/mol. The van der Waals surface area contributed by atoms with Gasteiger partial charge in [0.2, 0.25) is 0 Å². The van der Waals surface area contributed by atoms with Crippen LogP contribution in [0.1, 0.15) is 12.5 Å². The number of anilines is 1. The molecule has 0 aromatic carbocycles. The molecule has 1 fully saturated rings. The van der Waals surface area contributed by atoms with Crippen LogP contribution in [-0.4, -0.2) is 43.1 Å². The third-order valence-electron chi connectivity index (χ3n) is 3.52. The summed E-state index contributed by atoms with van der Waals surface area (Å²) in [5.41, 5.74) is 1.08. The van der Waals surface area contributed by atoms with E-state index in [0.717, 1.165) is 24.5 Å². The molecule has 2 heterocycles. The van der Waals surface area contributed by atoms with Gasteiger partial charge < -0.3 is 9.80 Å². The maximum Gasteiger partial charge on any atom is 0.128 e. The summed E-state index contributed by atoms with van der Waals surface area (Å²) in [7, 11) is 4.30. The molecular formula is C13H20ClN3. The first-order valence-electron chi connectivity index (χ1n) is 6.04. The van der Waals surface area contributed by atoms with E-state index >= 15 is 0 Å². The van der Waals surface area contributed by atoms with E-state index in [0.29, 0.717) is 17.8 Å². The van der Waals surface area contributed by atoms with Crippen molar-refractivity contribution >= 4 is 17.4 Å². The topological polar surface area (TPSA) is 19.4 Å². The van der Waals surface area contributed by atoms with Crippen molar-refractivity contribution in [2.45, 2.75) is 18.8 Å². The van der Waals surface area contributed by atoms with Gasteiger partial charge in [0.05, 0.1) is 0 Å². The van der Waals surface area contributed by atoms with Crippen molar-refractivity contribution < 1.29 is 0 Å². The van der Waals surface area contributed by atoms with Crippen molar-refractivity contribution in [1.82, 2.24) is 9.88 Å². The number of pyridine rings is 1. The van der Waals surface area contributed by atoms with Crippen LogP contribution in [0.2, 0.25) is 0 Å². The molecule has 4 heteroatoms. The van der Waals surface area contributed by atoms with Crippen LogP contribution in [0.4, 0.5) is 5.82 Å². The Labute approximate surface area is 108 Å². The second-order valence-electron chi connectivity index (χ2n) is 5.07. The van der Waals surface area contributed by atoms with Gasteiger partial charge in [-0.05, 0) is 31.6 Å². The molecule has 1 aromatic rings. The molecule has 0 aliphatic carbocycles.